The van der Waals surface area contributed by atoms with Crippen LogP contribution in [0.4, 0.5) is 0 Å². The van der Waals surface area contributed by atoms with Crippen molar-refractivity contribution in [2.75, 3.05) is 13.2 Å². The van der Waals surface area contributed by atoms with Gasteiger partial charge in [-0.15, -0.1) is 0 Å². The molecule has 0 aromatic carbocycles. The Kier molecular flexibility index (Phi) is 44.9. The van der Waals surface area contributed by atoms with Crippen molar-refractivity contribution in [2.24, 2.45) is 0 Å². The van der Waals surface area contributed by atoms with Crippen LogP contribution in [-0.2, 0) is 28.6 Å². The van der Waals surface area contributed by atoms with E-state index in [0.717, 1.165) is 77.0 Å². The minimum absolute atomic E-state index is 0.0772. The highest BCUT2D eigenvalue weighted by atomic mass is 16.6. The Morgan fingerprint density at radius 1 is 0.333 bits per heavy atom. The fourth-order valence-electron chi connectivity index (χ4n) is 7.12. The number of unbranched alkanes of at least 4 members (excludes halogenated alkanes) is 30. The van der Waals surface area contributed by atoms with Crippen LogP contribution in [-0.4, -0.2) is 37.2 Å². The van der Waals surface area contributed by atoms with E-state index in [-0.39, 0.29) is 31.1 Å². The molecule has 1 unspecified atom stereocenters. The highest BCUT2D eigenvalue weighted by Gasteiger charge is 2.19. The number of carbonyl (C=O) groups excluding carboxylic acids is 3. The van der Waals surface area contributed by atoms with Gasteiger partial charge in [0, 0.05) is 19.3 Å². The van der Waals surface area contributed by atoms with E-state index in [2.05, 4.69) is 45.1 Å². The molecule has 0 saturated heterocycles. The first-order valence-corrected chi connectivity index (χ1v) is 24.8. The Morgan fingerprint density at radius 2 is 0.596 bits per heavy atom. The van der Waals surface area contributed by atoms with E-state index in [1.165, 1.54) is 148 Å². The Morgan fingerprint density at radius 3 is 0.947 bits per heavy atom. The molecular weight excluding hydrogens is 709 g/mol. The first-order valence-electron chi connectivity index (χ1n) is 24.8. The van der Waals surface area contributed by atoms with Crippen molar-refractivity contribution in [2.45, 2.75) is 271 Å². The van der Waals surface area contributed by atoms with Crippen LogP contribution in [0, 0.1) is 0 Å². The van der Waals surface area contributed by atoms with E-state index in [9.17, 15) is 14.4 Å². The largest absolute Gasteiger partial charge is 0.462 e. The van der Waals surface area contributed by atoms with Gasteiger partial charge < -0.3 is 14.2 Å². The van der Waals surface area contributed by atoms with Crippen molar-refractivity contribution in [3.8, 4) is 0 Å². The van der Waals surface area contributed by atoms with Crippen molar-refractivity contribution in [1.82, 2.24) is 0 Å². The fraction of sp³-hybridized carbons (Fsp3) is 0.863. The number of carbonyl (C=O) groups is 3. The van der Waals surface area contributed by atoms with Crippen LogP contribution in [0.5, 0.6) is 0 Å². The molecule has 0 radical (unpaired) electrons. The molecular formula is C51H94O6. The molecule has 6 nitrogen and oxygen atoms in total. The van der Waals surface area contributed by atoms with Gasteiger partial charge in [-0.25, -0.2) is 0 Å². The molecule has 6 heteroatoms. The molecule has 0 spiro atoms. The first kappa shape index (κ1) is 54.9. The van der Waals surface area contributed by atoms with Gasteiger partial charge in [0.25, 0.3) is 0 Å². The highest BCUT2D eigenvalue weighted by Crippen LogP contribution is 2.15. The molecule has 0 amide bonds. The van der Waals surface area contributed by atoms with E-state index >= 15 is 0 Å². The molecule has 334 valence electrons. The van der Waals surface area contributed by atoms with Gasteiger partial charge >= 0.3 is 17.9 Å². The third-order valence-corrected chi connectivity index (χ3v) is 10.9. The van der Waals surface area contributed by atoms with Gasteiger partial charge in [0.05, 0.1) is 0 Å². The second kappa shape index (κ2) is 46.6. The van der Waals surface area contributed by atoms with E-state index in [1.54, 1.807) is 0 Å². The lowest BCUT2D eigenvalue weighted by molar-refractivity contribution is -0.167. The number of hydrogen-bond acceptors (Lipinski definition) is 6. The molecule has 0 heterocycles. The van der Waals surface area contributed by atoms with Gasteiger partial charge in [0.1, 0.15) is 13.2 Å². The summed E-state index contributed by atoms with van der Waals surface area (Å²) in [6.45, 7) is 6.59. The zero-order valence-corrected chi connectivity index (χ0v) is 38.1. The zero-order chi connectivity index (χ0) is 41.5. The molecule has 0 bridgehead atoms. The van der Waals surface area contributed by atoms with Crippen molar-refractivity contribution < 1.29 is 28.6 Å². The fourth-order valence-corrected chi connectivity index (χ4v) is 7.12. The Balaban J connectivity index is 4.37. The van der Waals surface area contributed by atoms with Crippen LogP contribution in [0.25, 0.3) is 0 Å². The number of hydrogen-bond donors (Lipinski definition) is 0. The summed E-state index contributed by atoms with van der Waals surface area (Å²) in [5.41, 5.74) is 0. The average molecular weight is 803 g/mol. The average Bonchev–Trinajstić information content (AvgIpc) is 3.21. The van der Waals surface area contributed by atoms with Crippen molar-refractivity contribution >= 4 is 17.9 Å². The lowest BCUT2D eigenvalue weighted by Crippen LogP contribution is -2.30. The summed E-state index contributed by atoms with van der Waals surface area (Å²) in [4.78, 5) is 37.8. The summed E-state index contributed by atoms with van der Waals surface area (Å²) in [6, 6.07) is 0. The van der Waals surface area contributed by atoms with Crippen molar-refractivity contribution in [1.29, 1.82) is 0 Å². The van der Waals surface area contributed by atoms with Crippen LogP contribution in [0.1, 0.15) is 265 Å². The normalized spacial score (nSPS) is 12.1. The van der Waals surface area contributed by atoms with Crippen molar-refractivity contribution in [3.63, 3.8) is 0 Å². The topological polar surface area (TPSA) is 78.9 Å². The minimum atomic E-state index is -0.774. The highest BCUT2D eigenvalue weighted by molar-refractivity contribution is 5.71. The molecule has 0 aromatic heterocycles. The van der Waals surface area contributed by atoms with E-state index in [4.69, 9.17) is 14.2 Å². The molecule has 0 aromatic rings. The van der Waals surface area contributed by atoms with Crippen LogP contribution in [0.15, 0.2) is 24.3 Å². The van der Waals surface area contributed by atoms with E-state index in [1.807, 2.05) is 0 Å². The third-order valence-electron chi connectivity index (χ3n) is 10.9. The molecule has 0 N–H and O–H groups in total. The van der Waals surface area contributed by atoms with Crippen LogP contribution >= 0.6 is 0 Å². The lowest BCUT2D eigenvalue weighted by Gasteiger charge is -2.18. The maximum absolute atomic E-state index is 12.8. The molecule has 57 heavy (non-hydrogen) atoms. The van der Waals surface area contributed by atoms with Crippen LogP contribution < -0.4 is 0 Å². The van der Waals surface area contributed by atoms with Crippen LogP contribution in [0.3, 0.4) is 0 Å². The second-order valence-electron chi connectivity index (χ2n) is 16.7. The number of ether oxygens (including phenoxy) is 3. The number of rotatable bonds is 45. The lowest BCUT2D eigenvalue weighted by atomic mass is 10.0. The standard InChI is InChI=1S/C51H94O6/c1-4-7-10-13-16-19-22-24-26-29-32-35-38-41-44-50(53)56-47-48(46-55-49(52)43-40-37-34-31-28-21-18-15-12-9-6-3)57-51(54)45-42-39-36-33-30-27-25-23-20-17-14-11-8-5-2/h15,18,26,29,48H,4-14,16-17,19-25,27-28,30-47H2,1-3H3/b18-15-,29-26-. The summed E-state index contributed by atoms with van der Waals surface area (Å²) in [5, 5.41) is 0. The molecule has 0 aliphatic carbocycles. The molecule has 0 fully saturated rings. The van der Waals surface area contributed by atoms with Gasteiger partial charge in [-0.2, -0.15) is 0 Å². The number of allylic oxidation sites excluding steroid dienone is 4. The van der Waals surface area contributed by atoms with Gasteiger partial charge in [0.2, 0.25) is 0 Å². The smallest absolute Gasteiger partial charge is 0.306 e. The summed E-state index contributed by atoms with van der Waals surface area (Å²) in [6.07, 6.45) is 51.6. The number of esters is 3. The van der Waals surface area contributed by atoms with Crippen LogP contribution in [0.2, 0.25) is 0 Å². The van der Waals surface area contributed by atoms with Gasteiger partial charge in [-0.1, -0.05) is 206 Å². The molecule has 0 saturated carbocycles. The van der Waals surface area contributed by atoms with E-state index in [0.29, 0.717) is 19.3 Å². The zero-order valence-electron chi connectivity index (χ0n) is 38.1. The summed E-state index contributed by atoms with van der Waals surface area (Å²) >= 11 is 0. The third kappa shape index (κ3) is 44.8. The second-order valence-corrected chi connectivity index (χ2v) is 16.7. The van der Waals surface area contributed by atoms with Gasteiger partial charge in [-0.3, -0.25) is 14.4 Å². The Labute approximate surface area is 353 Å². The van der Waals surface area contributed by atoms with Gasteiger partial charge in [-0.05, 0) is 64.2 Å². The Bertz CT molecular complexity index is 927. The minimum Gasteiger partial charge on any atom is -0.462 e. The summed E-state index contributed by atoms with van der Waals surface area (Å²) in [7, 11) is 0. The molecule has 1 atom stereocenters. The summed E-state index contributed by atoms with van der Waals surface area (Å²) < 4.78 is 16.7. The molecule has 0 aliphatic rings. The van der Waals surface area contributed by atoms with Crippen molar-refractivity contribution in [3.05, 3.63) is 24.3 Å². The Hall–Kier alpha value is -2.11. The maximum Gasteiger partial charge on any atom is 0.306 e. The van der Waals surface area contributed by atoms with Gasteiger partial charge in [0.15, 0.2) is 6.10 Å². The molecule has 0 rings (SSSR count). The predicted molar refractivity (Wildman–Crippen MR) is 243 cm³/mol. The molecule has 0 aliphatic heterocycles. The SMILES string of the molecule is CCCC/C=C\CCCCCCCC(=O)OCC(COC(=O)CCCCC/C=C\CCCCCCCCC)OC(=O)CCCCCCCCCCCCCCCC. The monoisotopic (exact) mass is 803 g/mol. The summed E-state index contributed by atoms with van der Waals surface area (Å²) in [5.74, 6) is -0.892. The first-order chi connectivity index (χ1) is 28.0. The maximum atomic E-state index is 12.8. The quantitative estimate of drug-likeness (QED) is 0.0264. The van der Waals surface area contributed by atoms with E-state index < -0.39 is 6.10 Å². The predicted octanol–water partition coefficient (Wildman–Crippen LogP) is 16.0.